The molecule has 0 heterocycles. The zero-order valence-electron chi connectivity index (χ0n) is 11.4. The molecular weight excluding hydrogens is 243 g/mol. The van der Waals surface area contributed by atoms with Crippen molar-refractivity contribution in [1.29, 1.82) is 0 Å². The Bertz CT molecular complexity index is 448. The Kier molecular flexibility index (Phi) is 4.56. The van der Waals surface area contributed by atoms with Crippen LogP contribution in [0.1, 0.15) is 54.9 Å². The maximum Gasteiger partial charge on any atom is 0.338 e. The zero-order chi connectivity index (χ0) is 13.8. The van der Waals surface area contributed by atoms with E-state index in [2.05, 4.69) is 6.92 Å². The highest BCUT2D eigenvalue weighted by Crippen LogP contribution is 2.31. The molecule has 1 aromatic carbocycles. The van der Waals surface area contributed by atoms with E-state index in [9.17, 15) is 9.18 Å². The average molecular weight is 264 g/mol. The third-order valence-electron chi connectivity index (χ3n) is 4.24. The van der Waals surface area contributed by atoms with Gasteiger partial charge in [-0.25, -0.2) is 9.18 Å². The van der Waals surface area contributed by atoms with Gasteiger partial charge in [0.25, 0.3) is 0 Å². The van der Waals surface area contributed by atoms with Gasteiger partial charge in [0.1, 0.15) is 5.82 Å². The fraction of sp³-hybridized carbons (Fsp3) is 0.562. The van der Waals surface area contributed by atoms with Gasteiger partial charge in [0, 0.05) is 0 Å². The minimum Gasteiger partial charge on any atom is -0.478 e. The van der Waals surface area contributed by atoms with Crippen LogP contribution in [0, 0.1) is 17.7 Å². The maximum atomic E-state index is 13.5. The monoisotopic (exact) mass is 264 g/mol. The van der Waals surface area contributed by atoms with Crippen LogP contribution in [0.5, 0.6) is 0 Å². The molecular formula is C16H21FO2. The molecule has 2 nitrogen and oxygen atoms in total. The van der Waals surface area contributed by atoms with E-state index in [4.69, 9.17) is 5.11 Å². The van der Waals surface area contributed by atoms with Gasteiger partial charge >= 0.3 is 5.97 Å². The Labute approximate surface area is 113 Å². The molecule has 1 fully saturated rings. The topological polar surface area (TPSA) is 37.3 Å². The first-order chi connectivity index (χ1) is 9.06. The summed E-state index contributed by atoms with van der Waals surface area (Å²) in [5.74, 6) is -0.227. The molecule has 0 atom stereocenters. The van der Waals surface area contributed by atoms with E-state index < -0.39 is 11.8 Å². The van der Waals surface area contributed by atoms with E-state index in [1.807, 2.05) is 0 Å². The summed E-state index contributed by atoms with van der Waals surface area (Å²) in [5.41, 5.74) is 0.663. The molecule has 1 aromatic rings. The fourth-order valence-corrected chi connectivity index (χ4v) is 2.88. The fourth-order valence-electron chi connectivity index (χ4n) is 2.88. The van der Waals surface area contributed by atoms with Gasteiger partial charge in [0.05, 0.1) is 5.56 Å². The average Bonchev–Trinajstić information content (AvgIpc) is 2.37. The smallest absolute Gasteiger partial charge is 0.338 e. The van der Waals surface area contributed by atoms with Crippen LogP contribution in [0.25, 0.3) is 0 Å². The van der Waals surface area contributed by atoms with Crippen LogP contribution in [0.3, 0.4) is 0 Å². The van der Waals surface area contributed by atoms with Crippen LogP contribution in [0.4, 0.5) is 4.39 Å². The Morgan fingerprint density at radius 3 is 2.58 bits per heavy atom. The van der Waals surface area contributed by atoms with Gasteiger partial charge in [-0.05, 0) is 42.4 Å². The minimum atomic E-state index is -1.20. The van der Waals surface area contributed by atoms with Gasteiger partial charge in [0.2, 0.25) is 0 Å². The van der Waals surface area contributed by atoms with Crippen LogP contribution >= 0.6 is 0 Å². The number of carbonyl (C=O) groups is 1. The van der Waals surface area contributed by atoms with Gasteiger partial charge in [-0.15, -0.1) is 0 Å². The Morgan fingerprint density at radius 1 is 1.32 bits per heavy atom. The molecule has 3 heteroatoms. The van der Waals surface area contributed by atoms with Gasteiger partial charge in [0.15, 0.2) is 0 Å². The molecule has 104 valence electrons. The van der Waals surface area contributed by atoms with Crippen molar-refractivity contribution in [2.45, 2.75) is 45.4 Å². The number of aryl methyl sites for hydroxylation is 1. The first-order valence-electron chi connectivity index (χ1n) is 7.08. The molecule has 1 aliphatic carbocycles. The van der Waals surface area contributed by atoms with Crippen LogP contribution in [0.15, 0.2) is 18.2 Å². The summed E-state index contributed by atoms with van der Waals surface area (Å²) in [6.07, 6.45) is 7.08. The SMILES string of the molecule is C[C@H]1CC[C@H](CCc2ccc(C(=O)O)c(F)c2)CC1. The second-order valence-electron chi connectivity index (χ2n) is 5.78. The highest BCUT2D eigenvalue weighted by Gasteiger charge is 2.18. The summed E-state index contributed by atoms with van der Waals surface area (Å²) >= 11 is 0. The van der Waals surface area contributed by atoms with Crippen molar-refractivity contribution in [3.05, 3.63) is 35.1 Å². The molecule has 2 rings (SSSR count). The first-order valence-corrected chi connectivity index (χ1v) is 7.08. The zero-order valence-corrected chi connectivity index (χ0v) is 11.4. The summed E-state index contributed by atoms with van der Waals surface area (Å²) in [4.78, 5) is 10.7. The van der Waals surface area contributed by atoms with Crippen molar-refractivity contribution >= 4 is 5.97 Å². The van der Waals surface area contributed by atoms with Crippen molar-refractivity contribution in [3.63, 3.8) is 0 Å². The van der Waals surface area contributed by atoms with Gasteiger partial charge in [-0.3, -0.25) is 0 Å². The number of carboxylic acid groups (broad SMARTS) is 1. The second kappa shape index (κ2) is 6.18. The largest absolute Gasteiger partial charge is 0.478 e. The van der Waals surface area contributed by atoms with Gasteiger partial charge < -0.3 is 5.11 Å². The van der Waals surface area contributed by atoms with Gasteiger partial charge in [-0.2, -0.15) is 0 Å². The van der Waals surface area contributed by atoms with E-state index in [1.54, 1.807) is 6.07 Å². The molecule has 0 unspecified atom stereocenters. The number of hydrogen-bond donors (Lipinski definition) is 1. The summed E-state index contributed by atoms with van der Waals surface area (Å²) in [6, 6.07) is 4.48. The lowest BCUT2D eigenvalue weighted by Gasteiger charge is -2.26. The molecule has 0 aliphatic heterocycles. The maximum absolute atomic E-state index is 13.5. The molecule has 1 N–H and O–H groups in total. The normalized spacial score (nSPS) is 23.3. The number of benzene rings is 1. The number of rotatable bonds is 4. The van der Waals surface area contributed by atoms with E-state index in [1.165, 1.54) is 37.8 Å². The van der Waals surface area contributed by atoms with E-state index >= 15 is 0 Å². The lowest BCUT2D eigenvalue weighted by Crippen LogP contribution is -2.13. The van der Waals surface area contributed by atoms with Crippen molar-refractivity contribution in [1.82, 2.24) is 0 Å². The van der Waals surface area contributed by atoms with Crippen molar-refractivity contribution < 1.29 is 14.3 Å². The Morgan fingerprint density at radius 2 is 2.00 bits per heavy atom. The third-order valence-corrected chi connectivity index (χ3v) is 4.24. The predicted octanol–water partition coefficient (Wildman–Crippen LogP) is 4.28. The molecule has 0 radical (unpaired) electrons. The number of halogens is 1. The summed E-state index contributed by atoms with van der Waals surface area (Å²) in [7, 11) is 0. The van der Waals surface area contributed by atoms with E-state index in [0.717, 1.165) is 30.2 Å². The van der Waals surface area contributed by atoms with E-state index in [-0.39, 0.29) is 5.56 Å². The lowest BCUT2D eigenvalue weighted by molar-refractivity contribution is 0.0692. The molecule has 0 aromatic heterocycles. The number of carboxylic acids is 1. The first kappa shape index (κ1) is 14.0. The molecule has 1 saturated carbocycles. The van der Waals surface area contributed by atoms with Crippen molar-refractivity contribution in [2.75, 3.05) is 0 Å². The van der Waals surface area contributed by atoms with Crippen molar-refractivity contribution in [2.24, 2.45) is 11.8 Å². The van der Waals surface area contributed by atoms with Crippen LogP contribution in [0.2, 0.25) is 0 Å². The molecule has 0 saturated heterocycles. The summed E-state index contributed by atoms with van der Waals surface area (Å²) < 4.78 is 13.5. The molecule has 0 amide bonds. The highest BCUT2D eigenvalue weighted by molar-refractivity contribution is 5.87. The Balaban J connectivity index is 1.89. The second-order valence-corrected chi connectivity index (χ2v) is 5.78. The summed E-state index contributed by atoms with van der Waals surface area (Å²) in [5, 5.41) is 8.78. The number of hydrogen-bond acceptors (Lipinski definition) is 1. The molecule has 1 aliphatic rings. The van der Waals surface area contributed by atoms with Crippen LogP contribution < -0.4 is 0 Å². The molecule has 0 bridgehead atoms. The summed E-state index contributed by atoms with van der Waals surface area (Å²) in [6.45, 7) is 2.30. The standard InChI is InChI=1S/C16H21FO2/c1-11-2-4-12(5-3-11)6-7-13-8-9-14(16(18)19)15(17)10-13/h8-12H,2-7H2,1H3,(H,18,19)/t11-,12-. The lowest BCUT2D eigenvalue weighted by atomic mass is 9.80. The van der Waals surface area contributed by atoms with Crippen LogP contribution in [-0.2, 0) is 6.42 Å². The van der Waals surface area contributed by atoms with Crippen LogP contribution in [-0.4, -0.2) is 11.1 Å². The third kappa shape index (κ3) is 3.79. The predicted molar refractivity (Wildman–Crippen MR) is 72.8 cm³/mol. The minimum absolute atomic E-state index is 0.241. The van der Waals surface area contributed by atoms with E-state index in [0.29, 0.717) is 0 Å². The highest BCUT2D eigenvalue weighted by atomic mass is 19.1. The molecule has 0 spiro atoms. The van der Waals surface area contributed by atoms with Crippen molar-refractivity contribution in [3.8, 4) is 0 Å². The molecule has 19 heavy (non-hydrogen) atoms. The number of aromatic carboxylic acids is 1. The van der Waals surface area contributed by atoms with Gasteiger partial charge in [-0.1, -0.05) is 38.7 Å². The quantitative estimate of drug-likeness (QED) is 0.881. The Hall–Kier alpha value is -1.38.